The van der Waals surface area contributed by atoms with Gasteiger partial charge in [0.05, 0.1) is 11.3 Å². The summed E-state index contributed by atoms with van der Waals surface area (Å²) < 4.78 is 38.4. The molecule has 1 N–H and O–H groups in total. The molecule has 2 nitrogen and oxygen atoms in total. The highest BCUT2D eigenvalue weighted by Gasteiger charge is 2.34. The molecule has 1 aromatic heterocycles. The molecule has 0 atom stereocenters. The fraction of sp³-hybridized carbons (Fsp3) is 0.100. The van der Waals surface area contributed by atoms with Gasteiger partial charge in [-0.15, -0.1) is 11.3 Å². The van der Waals surface area contributed by atoms with E-state index in [9.17, 15) is 13.2 Å². The summed E-state index contributed by atoms with van der Waals surface area (Å²) in [5, 5.41) is 4.62. The molecule has 0 amide bonds. The van der Waals surface area contributed by atoms with Crippen LogP contribution in [0.3, 0.4) is 0 Å². The molecule has 0 bridgehead atoms. The van der Waals surface area contributed by atoms with Crippen molar-refractivity contribution in [2.24, 2.45) is 0 Å². The number of hydrogen-bond donors (Lipinski definition) is 1. The van der Waals surface area contributed by atoms with Crippen LogP contribution < -0.4 is 5.32 Å². The molecular weight excluding hydrogens is 308 g/mol. The third-order valence-corrected chi connectivity index (χ3v) is 3.32. The van der Waals surface area contributed by atoms with Crippen molar-refractivity contribution in [3.63, 3.8) is 0 Å². The predicted octanol–water partition coefficient (Wildman–Crippen LogP) is 5.21. The zero-order valence-electron chi connectivity index (χ0n) is 8.55. The smallest absolute Gasteiger partial charge is 0.331 e. The van der Waals surface area contributed by atoms with E-state index in [1.54, 1.807) is 0 Å². The molecule has 2 aromatic rings. The van der Waals surface area contributed by atoms with E-state index in [1.165, 1.54) is 17.5 Å². The zero-order chi connectivity index (χ0) is 13.3. The molecular formula is C10H5Cl2F3N2S. The summed E-state index contributed by atoms with van der Waals surface area (Å²) in [5.41, 5.74) is -0.959. The van der Waals surface area contributed by atoms with E-state index in [0.717, 1.165) is 17.4 Å². The molecule has 0 unspecified atom stereocenters. The second-order valence-electron chi connectivity index (χ2n) is 3.29. The van der Waals surface area contributed by atoms with Crippen LogP contribution in [-0.2, 0) is 6.18 Å². The van der Waals surface area contributed by atoms with Gasteiger partial charge in [-0.3, -0.25) is 0 Å². The van der Waals surface area contributed by atoms with Crippen molar-refractivity contribution in [3.05, 3.63) is 39.3 Å². The van der Waals surface area contributed by atoms with Gasteiger partial charge in [-0.2, -0.15) is 13.2 Å². The molecule has 0 aliphatic rings. The molecule has 1 heterocycles. The van der Waals surface area contributed by atoms with Crippen LogP contribution in [0.4, 0.5) is 24.0 Å². The number of aromatic nitrogens is 1. The summed E-state index contributed by atoms with van der Waals surface area (Å²) >= 11 is 12.3. The fourth-order valence-electron chi connectivity index (χ4n) is 1.29. The summed E-state index contributed by atoms with van der Waals surface area (Å²) in [6.07, 6.45) is -4.49. The maximum absolute atomic E-state index is 12.8. The maximum atomic E-state index is 12.8. The Balaban J connectivity index is 2.38. The van der Waals surface area contributed by atoms with Crippen molar-refractivity contribution >= 4 is 45.4 Å². The van der Waals surface area contributed by atoms with Gasteiger partial charge in [-0.1, -0.05) is 23.2 Å². The second-order valence-corrected chi connectivity index (χ2v) is 4.97. The molecule has 0 spiro atoms. The molecule has 96 valence electrons. The molecule has 18 heavy (non-hydrogen) atoms. The quantitative estimate of drug-likeness (QED) is 0.823. The van der Waals surface area contributed by atoms with Gasteiger partial charge in [0, 0.05) is 10.4 Å². The van der Waals surface area contributed by atoms with Crippen LogP contribution in [0.2, 0.25) is 10.2 Å². The number of hydrogen-bond acceptors (Lipinski definition) is 3. The van der Waals surface area contributed by atoms with Gasteiger partial charge in [0.25, 0.3) is 0 Å². The van der Waals surface area contributed by atoms with Crippen LogP contribution in [-0.4, -0.2) is 4.98 Å². The van der Waals surface area contributed by atoms with Gasteiger partial charge >= 0.3 is 6.18 Å². The molecule has 8 heteroatoms. The van der Waals surface area contributed by atoms with Crippen LogP contribution >= 0.6 is 34.5 Å². The molecule has 0 aliphatic heterocycles. The summed E-state index contributed by atoms with van der Waals surface area (Å²) in [6, 6.07) is 3.48. The van der Waals surface area contributed by atoms with E-state index >= 15 is 0 Å². The number of nitrogens with zero attached hydrogens (tertiary/aromatic N) is 1. The minimum absolute atomic E-state index is 0.0186. The standard InChI is InChI=1S/C10H5Cl2F3N2S/c11-5-1-2-7(6(3-5)10(13,14)15)16-9-17-8(12)4-18-9/h1-4H,(H,16,17). The van der Waals surface area contributed by atoms with E-state index in [4.69, 9.17) is 23.2 Å². The lowest BCUT2D eigenvalue weighted by Gasteiger charge is -2.13. The highest BCUT2D eigenvalue weighted by molar-refractivity contribution is 7.14. The lowest BCUT2D eigenvalue weighted by molar-refractivity contribution is -0.136. The number of alkyl halides is 3. The van der Waals surface area contributed by atoms with Gasteiger partial charge in [-0.25, -0.2) is 4.98 Å². The van der Waals surface area contributed by atoms with Crippen LogP contribution in [0.15, 0.2) is 23.6 Å². The Morgan fingerprint density at radius 3 is 2.50 bits per heavy atom. The molecule has 1 aromatic carbocycles. The molecule has 2 rings (SSSR count). The van der Waals surface area contributed by atoms with Gasteiger partial charge in [0.2, 0.25) is 0 Å². The first kappa shape index (κ1) is 13.5. The Bertz CT molecular complexity index is 568. The van der Waals surface area contributed by atoms with Crippen molar-refractivity contribution in [2.75, 3.05) is 5.32 Å². The summed E-state index contributed by atoms with van der Waals surface area (Å²) in [6.45, 7) is 0. The van der Waals surface area contributed by atoms with Gasteiger partial charge in [-0.05, 0) is 18.2 Å². The topological polar surface area (TPSA) is 24.9 Å². The number of nitrogens with one attached hydrogen (secondary N) is 1. The Morgan fingerprint density at radius 2 is 1.94 bits per heavy atom. The van der Waals surface area contributed by atoms with Crippen molar-refractivity contribution in [2.45, 2.75) is 6.18 Å². The number of thiazole rings is 1. The van der Waals surface area contributed by atoms with Gasteiger partial charge < -0.3 is 5.32 Å². The highest BCUT2D eigenvalue weighted by Crippen LogP contribution is 2.38. The van der Waals surface area contributed by atoms with Crippen LogP contribution in [0, 0.1) is 0 Å². The lowest BCUT2D eigenvalue weighted by Crippen LogP contribution is -2.08. The first-order valence-electron chi connectivity index (χ1n) is 4.61. The third kappa shape index (κ3) is 3.07. The molecule has 0 fully saturated rings. The maximum Gasteiger partial charge on any atom is 0.418 e. The third-order valence-electron chi connectivity index (χ3n) is 2.00. The fourth-order valence-corrected chi connectivity index (χ4v) is 2.31. The molecule has 0 radical (unpaired) electrons. The first-order chi connectivity index (χ1) is 8.36. The Kier molecular flexibility index (Phi) is 3.70. The number of rotatable bonds is 2. The second kappa shape index (κ2) is 4.95. The molecule has 0 aliphatic carbocycles. The van der Waals surface area contributed by atoms with E-state index < -0.39 is 11.7 Å². The highest BCUT2D eigenvalue weighted by atomic mass is 35.5. The number of benzene rings is 1. The largest absolute Gasteiger partial charge is 0.418 e. The minimum Gasteiger partial charge on any atom is -0.331 e. The summed E-state index contributed by atoms with van der Waals surface area (Å²) in [7, 11) is 0. The van der Waals surface area contributed by atoms with Gasteiger partial charge in [0.15, 0.2) is 5.13 Å². The van der Waals surface area contributed by atoms with Gasteiger partial charge in [0.1, 0.15) is 5.15 Å². The Labute approximate surface area is 114 Å². The van der Waals surface area contributed by atoms with Crippen molar-refractivity contribution < 1.29 is 13.2 Å². The van der Waals surface area contributed by atoms with E-state index in [1.807, 2.05) is 0 Å². The van der Waals surface area contributed by atoms with E-state index in [-0.39, 0.29) is 21.0 Å². The predicted molar refractivity (Wildman–Crippen MR) is 66.9 cm³/mol. The Hall–Kier alpha value is -0.980. The normalized spacial score (nSPS) is 11.6. The molecule has 0 saturated carbocycles. The lowest BCUT2D eigenvalue weighted by atomic mass is 10.1. The van der Waals surface area contributed by atoms with Crippen LogP contribution in [0.25, 0.3) is 0 Å². The SMILES string of the molecule is FC(F)(F)c1cc(Cl)ccc1Nc1nc(Cl)cs1. The van der Waals surface area contributed by atoms with E-state index in [0.29, 0.717) is 0 Å². The average molecular weight is 313 g/mol. The summed E-state index contributed by atoms with van der Waals surface area (Å²) in [4.78, 5) is 3.82. The monoisotopic (exact) mass is 312 g/mol. The van der Waals surface area contributed by atoms with Crippen LogP contribution in [0.5, 0.6) is 0 Å². The Morgan fingerprint density at radius 1 is 1.22 bits per heavy atom. The van der Waals surface area contributed by atoms with E-state index in [2.05, 4.69) is 10.3 Å². The van der Waals surface area contributed by atoms with Crippen molar-refractivity contribution in [3.8, 4) is 0 Å². The number of anilines is 2. The summed E-state index contributed by atoms with van der Waals surface area (Å²) in [5.74, 6) is 0. The van der Waals surface area contributed by atoms with Crippen LogP contribution in [0.1, 0.15) is 5.56 Å². The average Bonchev–Trinajstić information content (AvgIpc) is 2.65. The van der Waals surface area contributed by atoms with Crippen molar-refractivity contribution in [1.82, 2.24) is 4.98 Å². The zero-order valence-corrected chi connectivity index (χ0v) is 10.9. The molecule has 0 saturated heterocycles. The van der Waals surface area contributed by atoms with Crippen molar-refractivity contribution in [1.29, 1.82) is 0 Å². The first-order valence-corrected chi connectivity index (χ1v) is 6.24. The number of halogens is 5. The minimum atomic E-state index is -4.49.